The Morgan fingerprint density at radius 2 is 2.05 bits per heavy atom. The van der Waals surface area contributed by atoms with Crippen LogP contribution in [0.15, 0.2) is 4.90 Å². The van der Waals surface area contributed by atoms with Crippen LogP contribution in [-0.2, 0) is 9.84 Å². The van der Waals surface area contributed by atoms with E-state index in [-0.39, 0.29) is 16.5 Å². The van der Waals surface area contributed by atoms with Crippen LogP contribution in [0.4, 0.5) is 10.8 Å². The number of sulfone groups is 1. The van der Waals surface area contributed by atoms with Gasteiger partial charge in [0.25, 0.3) is 0 Å². The van der Waals surface area contributed by atoms with E-state index in [2.05, 4.69) is 16.2 Å². The zero-order valence-electron chi connectivity index (χ0n) is 12.1. The molecule has 0 atom stereocenters. The molecule has 5 nitrogen and oxygen atoms in total. The molecule has 0 saturated heterocycles. The van der Waals surface area contributed by atoms with Gasteiger partial charge in [0.15, 0.2) is 15.7 Å². The topological polar surface area (TPSA) is 76.3 Å². The molecular formula is C13H23N3O2S2. The van der Waals surface area contributed by atoms with Crippen LogP contribution < -0.4 is 10.6 Å². The van der Waals surface area contributed by atoms with E-state index < -0.39 is 9.84 Å². The molecule has 114 valence electrons. The Bertz CT molecular complexity index is 550. The van der Waals surface area contributed by atoms with E-state index in [1.165, 1.54) is 24.4 Å². The highest BCUT2D eigenvalue weighted by molar-refractivity contribution is 7.91. The predicted molar refractivity (Wildman–Crippen MR) is 84.1 cm³/mol. The third kappa shape index (κ3) is 3.44. The van der Waals surface area contributed by atoms with Gasteiger partial charge in [-0.25, -0.2) is 8.42 Å². The molecule has 1 heterocycles. The predicted octanol–water partition coefficient (Wildman–Crippen LogP) is 2.54. The molecule has 2 N–H and O–H groups in total. The number of nitrogen functional groups attached to an aromatic ring is 1. The van der Waals surface area contributed by atoms with Gasteiger partial charge in [-0.1, -0.05) is 13.8 Å². The maximum Gasteiger partial charge on any atom is 0.185 e. The smallest absolute Gasteiger partial charge is 0.185 e. The third-order valence-corrected chi connectivity index (χ3v) is 6.42. The summed E-state index contributed by atoms with van der Waals surface area (Å²) in [5, 5.41) is 0.740. The third-order valence-electron chi connectivity index (χ3n) is 3.40. The Morgan fingerprint density at radius 3 is 2.60 bits per heavy atom. The molecule has 1 aliphatic carbocycles. The Kier molecular flexibility index (Phi) is 4.90. The van der Waals surface area contributed by atoms with Crippen LogP contribution in [0.25, 0.3) is 0 Å². The average molecular weight is 317 g/mol. The quantitative estimate of drug-likeness (QED) is 0.797. The van der Waals surface area contributed by atoms with Crippen molar-refractivity contribution in [3.8, 4) is 0 Å². The summed E-state index contributed by atoms with van der Waals surface area (Å²) in [5.41, 5.74) is 5.83. The summed E-state index contributed by atoms with van der Waals surface area (Å²) in [6.45, 7) is 5.74. The molecule has 0 unspecified atom stereocenters. The first-order valence-electron chi connectivity index (χ1n) is 7.22. The second-order valence-electron chi connectivity index (χ2n) is 5.41. The first-order valence-corrected chi connectivity index (χ1v) is 9.65. The molecule has 1 aliphatic rings. The number of rotatable bonds is 8. The van der Waals surface area contributed by atoms with Crippen molar-refractivity contribution in [2.75, 3.05) is 29.5 Å². The molecule has 0 amide bonds. The normalized spacial score (nSPS) is 15.5. The van der Waals surface area contributed by atoms with Gasteiger partial charge >= 0.3 is 0 Å². The molecule has 0 bridgehead atoms. The zero-order valence-corrected chi connectivity index (χ0v) is 13.8. The molecule has 0 spiro atoms. The number of anilines is 2. The van der Waals surface area contributed by atoms with Crippen LogP contribution >= 0.6 is 11.5 Å². The first kappa shape index (κ1) is 15.6. The number of nitrogens with two attached hydrogens (primary N) is 1. The van der Waals surface area contributed by atoms with Crippen molar-refractivity contribution in [1.82, 2.24) is 4.37 Å². The summed E-state index contributed by atoms with van der Waals surface area (Å²) in [6, 6.07) is 0. The molecule has 1 saturated carbocycles. The van der Waals surface area contributed by atoms with Gasteiger partial charge in [-0.3, -0.25) is 0 Å². The van der Waals surface area contributed by atoms with Crippen LogP contribution in [0.3, 0.4) is 0 Å². The van der Waals surface area contributed by atoms with E-state index in [0.717, 1.165) is 24.5 Å². The van der Waals surface area contributed by atoms with Gasteiger partial charge in [0.05, 0.1) is 5.75 Å². The van der Waals surface area contributed by atoms with Gasteiger partial charge in [-0.05, 0) is 43.1 Å². The maximum atomic E-state index is 12.4. The largest absolute Gasteiger partial charge is 0.382 e. The van der Waals surface area contributed by atoms with E-state index >= 15 is 0 Å². The summed E-state index contributed by atoms with van der Waals surface area (Å²) in [4.78, 5) is 2.42. The Balaban J connectivity index is 2.34. The second kappa shape index (κ2) is 6.30. The van der Waals surface area contributed by atoms with Crippen molar-refractivity contribution in [2.24, 2.45) is 5.92 Å². The van der Waals surface area contributed by atoms with Gasteiger partial charge in [0.2, 0.25) is 0 Å². The summed E-state index contributed by atoms with van der Waals surface area (Å²) < 4.78 is 28.9. The highest BCUT2D eigenvalue weighted by atomic mass is 32.2. The van der Waals surface area contributed by atoms with Crippen LogP contribution in [0, 0.1) is 5.92 Å². The fraction of sp³-hybridized carbons (Fsp3) is 0.769. The minimum absolute atomic E-state index is 0.131. The minimum atomic E-state index is -3.33. The molecule has 7 heteroatoms. The van der Waals surface area contributed by atoms with Crippen molar-refractivity contribution in [3.05, 3.63) is 0 Å². The lowest BCUT2D eigenvalue weighted by Crippen LogP contribution is -2.27. The van der Waals surface area contributed by atoms with Crippen molar-refractivity contribution >= 4 is 32.2 Å². The fourth-order valence-corrected chi connectivity index (χ4v) is 5.10. The fourth-order valence-electron chi connectivity index (χ4n) is 2.31. The van der Waals surface area contributed by atoms with E-state index in [1.54, 1.807) is 0 Å². The van der Waals surface area contributed by atoms with Crippen LogP contribution in [0.1, 0.15) is 39.5 Å². The summed E-state index contributed by atoms with van der Waals surface area (Å²) in [6.07, 6.45) is 4.06. The van der Waals surface area contributed by atoms with Gasteiger partial charge in [-0.15, -0.1) is 0 Å². The Labute approximate surface area is 125 Å². The van der Waals surface area contributed by atoms with E-state index in [1.807, 2.05) is 6.92 Å². The van der Waals surface area contributed by atoms with Gasteiger partial charge in [0.1, 0.15) is 9.90 Å². The van der Waals surface area contributed by atoms with E-state index in [4.69, 9.17) is 5.73 Å². The lowest BCUT2D eigenvalue weighted by Gasteiger charge is -2.23. The van der Waals surface area contributed by atoms with Crippen molar-refractivity contribution < 1.29 is 8.42 Å². The van der Waals surface area contributed by atoms with E-state index in [9.17, 15) is 8.42 Å². The molecule has 1 fully saturated rings. The van der Waals surface area contributed by atoms with Crippen LogP contribution in [-0.4, -0.2) is 31.6 Å². The molecule has 1 aromatic heterocycles. The van der Waals surface area contributed by atoms with Gasteiger partial charge in [-0.2, -0.15) is 4.37 Å². The Hall–Kier alpha value is -0.820. The number of aromatic nitrogens is 1. The molecule has 0 aliphatic heterocycles. The molecular weight excluding hydrogens is 294 g/mol. The molecule has 2 rings (SSSR count). The van der Waals surface area contributed by atoms with Crippen molar-refractivity contribution in [3.63, 3.8) is 0 Å². The first-order chi connectivity index (χ1) is 9.49. The molecule has 0 radical (unpaired) electrons. The van der Waals surface area contributed by atoms with Gasteiger partial charge in [0, 0.05) is 13.1 Å². The summed E-state index contributed by atoms with van der Waals surface area (Å²) >= 11 is 1.22. The highest BCUT2D eigenvalue weighted by Crippen LogP contribution is 2.38. The standard InChI is InChI=1S/C13H23N3O2S2/c1-3-7-16(9-10-5-6-10)13-11(12(14)15-19-13)20(17,18)8-4-2/h10H,3-9H2,1-2H3,(H2,14,15). The lowest BCUT2D eigenvalue weighted by molar-refractivity contribution is 0.594. The molecule has 0 aromatic carbocycles. The summed E-state index contributed by atoms with van der Waals surface area (Å²) in [5.74, 6) is 0.994. The average Bonchev–Trinajstić information content (AvgIpc) is 3.09. The second-order valence-corrected chi connectivity index (χ2v) is 8.21. The molecule has 20 heavy (non-hydrogen) atoms. The monoisotopic (exact) mass is 317 g/mol. The number of nitrogens with zero attached hydrogens (tertiary/aromatic N) is 2. The number of hydrogen-bond donors (Lipinski definition) is 1. The Morgan fingerprint density at radius 1 is 1.35 bits per heavy atom. The highest BCUT2D eigenvalue weighted by Gasteiger charge is 2.31. The zero-order chi connectivity index (χ0) is 14.8. The number of hydrogen-bond acceptors (Lipinski definition) is 6. The van der Waals surface area contributed by atoms with Crippen molar-refractivity contribution in [2.45, 2.75) is 44.4 Å². The SMILES string of the molecule is CCCN(CC1CC1)c1snc(N)c1S(=O)(=O)CCC. The maximum absolute atomic E-state index is 12.4. The van der Waals surface area contributed by atoms with Gasteiger partial charge < -0.3 is 10.6 Å². The van der Waals surface area contributed by atoms with Crippen LogP contribution in [0.2, 0.25) is 0 Å². The minimum Gasteiger partial charge on any atom is -0.382 e. The van der Waals surface area contributed by atoms with Crippen molar-refractivity contribution in [1.29, 1.82) is 0 Å². The van der Waals surface area contributed by atoms with Crippen LogP contribution in [0.5, 0.6) is 0 Å². The van der Waals surface area contributed by atoms with E-state index in [0.29, 0.717) is 12.3 Å². The molecule has 1 aromatic rings. The summed E-state index contributed by atoms with van der Waals surface area (Å²) in [7, 11) is -3.33. The lowest BCUT2D eigenvalue weighted by atomic mass is 10.3.